The first-order valence-electron chi connectivity index (χ1n) is 3.38. The molecule has 0 aromatic heterocycles. The van der Waals surface area contributed by atoms with Gasteiger partial charge in [0.25, 0.3) is 0 Å². The summed E-state index contributed by atoms with van der Waals surface area (Å²) >= 11 is 8.29. The fraction of sp³-hybridized carbons (Fsp3) is 0.125. The van der Waals surface area contributed by atoms with E-state index in [1.54, 1.807) is 0 Å². The molecule has 1 aromatic carbocycles. The molecule has 0 N–H and O–H groups in total. The lowest BCUT2D eigenvalue weighted by atomic mass is 10.1. The molecule has 0 aliphatic carbocycles. The van der Waals surface area contributed by atoms with Crippen LogP contribution in [0.5, 0.6) is 0 Å². The van der Waals surface area contributed by atoms with Crippen LogP contribution in [0.15, 0.2) is 16.6 Å². The second-order valence-corrected chi connectivity index (χ2v) is 3.67. The molecule has 1 aromatic rings. The van der Waals surface area contributed by atoms with Crippen LogP contribution in [-0.4, -0.2) is 6.29 Å². The Morgan fingerprint density at radius 1 is 1.36 bits per heavy atom. The molecule has 0 atom stereocenters. The Kier molecular flexibility index (Phi) is 3.21. The van der Waals surface area contributed by atoms with Crippen LogP contribution in [-0.2, 0) is 6.18 Å². The van der Waals surface area contributed by atoms with Crippen molar-refractivity contribution in [2.45, 2.75) is 6.18 Å². The van der Waals surface area contributed by atoms with Crippen molar-refractivity contribution in [1.82, 2.24) is 0 Å². The van der Waals surface area contributed by atoms with Crippen molar-refractivity contribution < 1.29 is 18.0 Å². The van der Waals surface area contributed by atoms with Gasteiger partial charge in [-0.2, -0.15) is 13.2 Å². The van der Waals surface area contributed by atoms with Crippen molar-refractivity contribution in [2.24, 2.45) is 0 Å². The molecule has 0 bridgehead atoms. The number of rotatable bonds is 1. The van der Waals surface area contributed by atoms with E-state index >= 15 is 0 Å². The minimum Gasteiger partial charge on any atom is -0.298 e. The van der Waals surface area contributed by atoms with E-state index in [0.29, 0.717) is 0 Å². The number of aldehydes is 1. The molecular weight excluding hydrogens is 284 g/mol. The molecule has 0 heterocycles. The molecule has 0 radical (unpaired) electrons. The first-order valence-corrected chi connectivity index (χ1v) is 4.55. The van der Waals surface area contributed by atoms with Gasteiger partial charge in [-0.15, -0.1) is 0 Å². The number of carbonyl (C=O) groups excluding carboxylic acids is 1. The molecule has 0 fully saturated rings. The molecule has 0 aliphatic rings. The van der Waals surface area contributed by atoms with E-state index in [1.807, 2.05) is 0 Å². The Bertz CT molecular complexity index is 376. The summed E-state index contributed by atoms with van der Waals surface area (Å²) in [4.78, 5) is 10.4. The quantitative estimate of drug-likeness (QED) is 0.715. The van der Waals surface area contributed by atoms with Gasteiger partial charge in [-0.1, -0.05) is 11.6 Å². The topological polar surface area (TPSA) is 17.1 Å². The summed E-state index contributed by atoms with van der Waals surface area (Å²) < 4.78 is 37.3. The molecule has 6 heteroatoms. The van der Waals surface area contributed by atoms with Crippen molar-refractivity contribution >= 4 is 33.8 Å². The average molecular weight is 287 g/mol. The first-order chi connectivity index (χ1) is 6.38. The van der Waals surface area contributed by atoms with Gasteiger partial charge in [-0.25, -0.2) is 0 Å². The number of benzene rings is 1. The lowest BCUT2D eigenvalue weighted by molar-refractivity contribution is -0.137. The van der Waals surface area contributed by atoms with Crippen molar-refractivity contribution in [3.8, 4) is 0 Å². The van der Waals surface area contributed by atoms with E-state index in [1.165, 1.54) is 6.07 Å². The summed E-state index contributed by atoms with van der Waals surface area (Å²) in [6, 6.07) is 2.35. The van der Waals surface area contributed by atoms with Gasteiger partial charge in [0, 0.05) is 10.0 Å². The fourth-order valence-electron chi connectivity index (χ4n) is 0.952. The zero-order chi connectivity index (χ0) is 10.9. The second kappa shape index (κ2) is 3.90. The van der Waals surface area contributed by atoms with Gasteiger partial charge in [0.05, 0.1) is 10.6 Å². The van der Waals surface area contributed by atoms with Crippen LogP contribution in [0.1, 0.15) is 15.9 Å². The van der Waals surface area contributed by atoms with Gasteiger partial charge in [0.2, 0.25) is 0 Å². The highest BCUT2D eigenvalue weighted by atomic mass is 79.9. The number of alkyl halides is 3. The van der Waals surface area contributed by atoms with Gasteiger partial charge in [0.1, 0.15) is 0 Å². The standard InChI is InChI=1S/C8H3BrClF3O/c9-5-2-1-4(3-14)6(7(5)10)8(11,12)13/h1-3H. The van der Waals surface area contributed by atoms with Gasteiger partial charge in [0.15, 0.2) is 6.29 Å². The largest absolute Gasteiger partial charge is 0.418 e. The Morgan fingerprint density at radius 3 is 2.36 bits per heavy atom. The van der Waals surface area contributed by atoms with E-state index in [-0.39, 0.29) is 10.8 Å². The minimum atomic E-state index is -4.63. The molecule has 1 nitrogen and oxygen atoms in total. The fourth-order valence-corrected chi connectivity index (χ4v) is 1.56. The van der Waals surface area contributed by atoms with Crippen molar-refractivity contribution in [1.29, 1.82) is 0 Å². The van der Waals surface area contributed by atoms with Gasteiger partial charge in [-0.3, -0.25) is 4.79 Å². The maximum absolute atomic E-state index is 12.4. The van der Waals surface area contributed by atoms with Crippen LogP contribution >= 0.6 is 27.5 Å². The highest BCUT2D eigenvalue weighted by molar-refractivity contribution is 9.10. The Morgan fingerprint density at radius 2 is 1.93 bits per heavy atom. The Hall–Kier alpha value is -0.550. The molecular formula is C8H3BrClF3O. The van der Waals surface area contributed by atoms with E-state index in [9.17, 15) is 18.0 Å². The predicted molar refractivity (Wildman–Crippen MR) is 49.5 cm³/mol. The number of halogens is 5. The summed E-state index contributed by atoms with van der Waals surface area (Å²) in [5, 5.41) is -0.498. The summed E-state index contributed by atoms with van der Waals surface area (Å²) in [6.45, 7) is 0. The molecule has 14 heavy (non-hydrogen) atoms. The van der Waals surface area contributed by atoms with Crippen LogP contribution in [0.25, 0.3) is 0 Å². The molecule has 1 rings (SSSR count). The van der Waals surface area contributed by atoms with Crippen LogP contribution in [0.2, 0.25) is 5.02 Å². The SMILES string of the molecule is O=Cc1ccc(Br)c(Cl)c1C(F)(F)F. The third kappa shape index (κ3) is 2.09. The first kappa shape index (κ1) is 11.5. The molecule has 0 amide bonds. The summed E-state index contributed by atoms with van der Waals surface area (Å²) in [6.07, 6.45) is -4.50. The molecule has 0 unspecified atom stereocenters. The lowest BCUT2D eigenvalue weighted by Crippen LogP contribution is -2.10. The van der Waals surface area contributed by atoms with Crippen LogP contribution in [0.4, 0.5) is 13.2 Å². The third-order valence-corrected chi connectivity index (χ3v) is 2.82. The summed E-state index contributed by atoms with van der Waals surface area (Å²) in [5.74, 6) is 0. The molecule has 76 valence electrons. The van der Waals surface area contributed by atoms with Gasteiger partial charge in [-0.05, 0) is 28.1 Å². The number of hydrogen-bond acceptors (Lipinski definition) is 1. The zero-order valence-electron chi connectivity index (χ0n) is 6.53. The zero-order valence-corrected chi connectivity index (χ0v) is 8.87. The summed E-state index contributed by atoms with van der Waals surface area (Å²) in [7, 11) is 0. The molecule has 0 saturated carbocycles. The highest BCUT2D eigenvalue weighted by Crippen LogP contribution is 2.39. The van der Waals surface area contributed by atoms with E-state index in [2.05, 4.69) is 15.9 Å². The van der Waals surface area contributed by atoms with Crippen molar-refractivity contribution in [3.63, 3.8) is 0 Å². The lowest BCUT2D eigenvalue weighted by Gasteiger charge is -2.11. The van der Waals surface area contributed by atoms with Crippen molar-refractivity contribution in [3.05, 3.63) is 32.8 Å². The van der Waals surface area contributed by atoms with Crippen LogP contribution in [0.3, 0.4) is 0 Å². The maximum atomic E-state index is 12.4. The Labute approximate surface area is 91.0 Å². The normalized spacial score (nSPS) is 11.5. The number of hydrogen-bond donors (Lipinski definition) is 0. The van der Waals surface area contributed by atoms with Gasteiger partial charge < -0.3 is 0 Å². The Balaban J connectivity index is 3.51. The minimum absolute atomic E-state index is 0.108. The third-order valence-electron chi connectivity index (χ3n) is 1.54. The average Bonchev–Trinajstić information content (AvgIpc) is 2.07. The van der Waals surface area contributed by atoms with Crippen LogP contribution < -0.4 is 0 Å². The van der Waals surface area contributed by atoms with Crippen LogP contribution in [0, 0.1) is 0 Å². The smallest absolute Gasteiger partial charge is 0.298 e. The van der Waals surface area contributed by atoms with E-state index in [0.717, 1.165) is 6.07 Å². The molecule has 0 saturated heterocycles. The molecule has 0 aliphatic heterocycles. The number of carbonyl (C=O) groups is 1. The van der Waals surface area contributed by atoms with Crippen molar-refractivity contribution in [2.75, 3.05) is 0 Å². The van der Waals surface area contributed by atoms with Gasteiger partial charge >= 0.3 is 6.18 Å². The highest BCUT2D eigenvalue weighted by Gasteiger charge is 2.36. The maximum Gasteiger partial charge on any atom is 0.418 e. The summed E-state index contributed by atoms with van der Waals surface area (Å²) in [5.41, 5.74) is -1.57. The van der Waals surface area contributed by atoms with E-state index < -0.39 is 22.3 Å². The monoisotopic (exact) mass is 286 g/mol. The van der Waals surface area contributed by atoms with E-state index in [4.69, 9.17) is 11.6 Å². The second-order valence-electron chi connectivity index (χ2n) is 2.44. The predicted octanol–water partition coefficient (Wildman–Crippen LogP) is 3.93. The molecule has 0 spiro atoms.